The summed E-state index contributed by atoms with van der Waals surface area (Å²) in [5.74, 6) is 1.78. The Hall–Kier alpha value is -6.62. The molecule has 6 nitrogen and oxygen atoms in total. The summed E-state index contributed by atoms with van der Waals surface area (Å²) in [6, 6.07) is 60.9. The van der Waals surface area contributed by atoms with E-state index in [1.54, 1.807) is 12.7 Å². The van der Waals surface area contributed by atoms with E-state index >= 15 is 0 Å². The summed E-state index contributed by atoms with van der Waals surface area (Å²) in [4.78, 5) is 8.05. The first-order valence-corrected chi connectivity index (χ1v) is 19.8. The molecule has 3 aromatic heterocycles. The second kappa shape index (κ2) is 14.6. The van der Waals surface area contributed by atoms with Crippen molar-refractivity contribution in [2.75, 3.05) is 16.8 Å². The number of hydrogen-bond acceptors (Lipinski definition) is 4. The molecular formula is C53H40N5OPt-3. The molecule has 0 amide bonds. The fraction of sp³-hybridized carbons (Fsp3) is 0.0943. The molecule has 60 heavy (non-hydrogen) atoms. The number of nitrogens with zero attached hydrogens (tertiary/aromatic N) is 5. The van der Waals surface area contributed by atoms with Gasteiger partial charge in [0.2, 0.25) is 0 Å². The Morgan fingerprint density at radius 2 is 1.28 bits per heavy atom. The van der Waals surface area contributed by atoms with Crippen LogP contribution in [-0.4, -0.2) is 21.1 Å². The van der Waals surface area contributed by atoms with Crippen molar-refractivity contribution in [2.45, 2.75) is 26.2 Å². The van der Waals surface area contributed by atoms with Crippen LogP contribution < -0.4 is 14.5 Å². The largest absolute Gasteiger partial charge is 0.509 e. The van der Waals surface area contributed by atoms with Crippen LogP contribution in [-0.2, 0) is 26.5 Å². The fourth-order valence-corrected chi connectivity index (χ4v) is 8.47. The van der Waals surface area contributed by atoms with Gasteiger partial charge in [-0.1, -0.05) is 93.0 Å². The van der Waals surface area contributed by atoms with Crippen molar-refractivity contribution in [1.29, 1.82) is 0 Å². The van der Waals surface area contributed by atoms with Crippen molar-refractivity contribution in [3.8, 4) is 34.1 Å². The van der Waals surface area contributed by atoms with Crippen LogP contribution in [0.1, 0.15) is 30.4 Å². The molecule has 296 valence electrons. The Morgan fingerprint density at radius 3 is 2.07 bits per heavy atom. The third kappa shape index (κ3) is 6.26. The van der Waals surface area contributed by atoms with E-state index in [-0.39, 0.29) is 26.5 Å². The Balaban J connectivity index is 0.00000471. The molecule has 4 heterocycles. The first-order valence-electron chi connectivity index (χ1n) is 21.3. The number of rotatable bonds is 6. The molecule has 0 atom stereocenters. The van der Waals surface area contributed by atoms with Gasteiger partial charge in [0.1, 0.15) is 5.82 Å². The van der Waals surface area contributed by atoms with Gasteiger partial charge in [0.05, 0.1) is 11.0 Å². The molecule has 0 N–H and O–H groups in total. The van der Waals surface area contributed by atoms with E-state index in [9.17, 15) is 0 Å². The zero-order chi connectivity index (χ0) is 42.3. The maximum absolute atomic E-state index is 8.12. The number of anilines is 3. The fourth-order valence-electron chi connectivity index (χ4n) is 8.47. The van der Waals surface area contributed by atoms with Crippen LogP contribution in [0.3, 0.4) is 0 Å². The molecular weight excluding hydrogens is 918 g/mol. The minimum atomic E-state index is -2.35. The molecule has 0 saturated carbocycles. The van der Waals surface area contributed by atoms with Crippen molar-refractivity contribution < 1.29 is 29.9 Å². The number of pyridine rings is 1. The van der Waals surface area contributed by atoms with E-state index in [0.717, 1.165) is 55.6 Å². The van der Waals surface area contributed by atoms with Crippen LogP contribution in [0.15, 0.2) is 164 Å². The smallest absolute Gasteiger partial charge is 0.135 e. The zero-order valence-electron chi connectivity index (χ0n) is 36.1. The summed E-state index contributed by atoms with van der Waals surface area (Å²) in [5.41, 5.74) is 10.6. The van der Waals surface area contributed by atoms with Gasteiger partial charge in [-0.05, 0) is 95.1 Å². The number of aromatic nitrogens is 3. The van der Waals surface area contributed by atoms with Crippen molar-refractivity contribution >= 4 is 60.7 Å². The van der Waals surface area contributed by atoms with E-state index in [0.29, 0.717) is 22.9 Å². The summed E-state index contributed by atoms with van der Waals surface area (Å²) >= 11 is 0. The van der Waals surface area contributed by atoms with E-state index in [1.165, 1.54) is 26.8 Å². The van der Waals surface area contributed by atoms with Gasteiger partial charge >= 0.3 is 0 Å². The van der Waals surface area contributed by atoms with E-state index in [2.05, 4.69) is 151 Å². The first kappa shape index (κ1) is 34.3. The average Bonchev–Trinajstić information content (AvgIpc) is 3.94. The van der Waals surface area contributed by atoms with Gasteiger partial charge in [-0.25, -0.2) is 4.98 Å². The number of fused-ring (bicyclic) bond motifs is 7. The van der Waals surface area contributed by atoms with E-state index < -0.39 is 6.98 Å². The summed E-state index contributed by atoms with van der Waals surface area (Å²) in [6.45, 7) is 5.88. The first-order chi connectivity index (χ1) is 30.0. The van der Waals surface area contributed by atoms with Crippen molar-refractivity contribution in [1.82, 2.24) is 14.1 Å². The molecule has 0 saturated heterocycles. The van der Waals surface area contributed by atoms with Crippen LogP contribution in [0.4, 0.5) is 17.1 Å². The van der Waals surface area contributed by atoms with E-state index in [1.807, 2.05) is 53.6 Å². The van der Waals surface area contributed by atoms with Gasteiger partial charge in [0, 0.05) is 76.2 Å². The van der Waals surface area contributed by atoms with Crippen LogP contribution in [0, 0.1) is 18.8 Å². The quantitative estimate of drug-likeness (QED) is 0.156. The van der Waals surface area contributed by atoms with Crippen molar-refractivity contribution in [3.05, 3.63) is 188 Å². The number of hydrogen-bond donors (Lipinski definition) is 0. The zero-order valence-corrected chi connectivity index (χ0v) is 35.4. The Bertz CT molecular complexity index is 3370. The average molecular weight is 961 g/mol. The number of ether oxygens (including phenoxy) is 1. The molecule has 0 bridgehead atoms. The summed E-state index contributed by atoms with van der Waals surface area (Å²) in [7, 11) is 0. The van der Waals surface area contributed by atoms with Gasteiger partial charge in [0.25, 0.3) is 0 Å². The molecule has 10 aromatic rings. The van der Waals surface area contributed by atoms with Gasteiger partial charge in [-0.15, -0.1) is 41.4 Å². The SMILES string of the molecule is [2H]C([2H])([2H])N1[CH-]N(c2[c-]c(Oc3[c-]c4c(cc3)c3cc(-c5ccc6c(c5)c5ccccc5n6-c5ccccc5)ccc3n4-c3cc(C(C)(C)C)ccn3)ccc2)c2ccccc21.[Pt]. The Labute approximate surface area is 368 Å². The molecule has 0 aliphatic carbocycles. The Kier molecular flexibility index (Phi) is 8.33. The van der Waals surface area contributed by atoms with Crippen molar-refractivity contribution in [2.24, 2.45) is 0 Å². The third-order valence-electron chi connectivity index (χ3n) is 11.4. The molecule has 7 aromatic carbocycles. The number of benzene rings is 7. The van der Waals surface area contributed by atoms with E-state index in [4.69, 9.17) is 13.8 Å². The van der Waals surface area contributed by atoms with Crippen molar-refractivity contribution in [3.63, 3.8) is 0 Å². The topological polar surface area (TPSA) is 38.5 Å². The predicted molar refractivity (Wildman–Crippen MR) is 243 cm³/mol. The third-order valence-corrected chi connectivity index (χ3v) is 11.4. The van der Waals surface area contributed by atoms with Gasteiger partial charge < -0.3 is 23.7 Å². The van der Waals surface area contributed by atoms with Gasteiger partial charge in [-0.3, -0.25) is 0 Å². The normalized spacial score (nSPS) is 13.7. The summed E-state index contributed by atoms with van der Waals surface area (Å²) < 4.78 is 35.4. The number of para-hydroxylation sites is 4. The maximum Gasteiger partial charge on any atom is 0.135 e. The predicted octanol–water partition coefficient (Wildman–Crippen LogP) is 13.3. The standard InChI is InChI=1S/C53H40N5O.Pt/c1-53(2,3)37-27-28-54-52(31-37)58-48-26-22-36(35-21-25-47-44(29-35)42-17-8-9-18-46(42)57(47)38-13-6-5-7-14-38)30-45(48)43-24-23-41(33-51(43)58)59-40-16-12-15-39(32-40)56-34-55(4)49-19-10-11-20-50(49)56;/h5-31,34H,1-4H3;/q-3;/i4D3;. The van der Waals surface area contributed by atoms with Gasteiger partial charge in [0.15, 0.2) is 0 Å². The molecule has 0 spiro atoms. The Morgan fingerprint density at radius 1 is 0.600 bits per heavy atom. The molecule has 1 aliphatic heterocycles. The molecule has 0 unspecified atom stereocenters. The second-order valence-electron chi connectivity index (χ2n) is 16.1. The summed E-state index contributed by atoms with van der Waals surface area (Å²) in [5, 5.41) is 4.50. The molecule has 11 rings (SSSR count). The minimum Gasteiger partial charge on any atom is -0.509 e. The second-order valence-corrected chi connectivity index (χ2v) is 16.1. The van der Waals surface area contributed by atoms with Crippen LogP contribution in [0.5, 0.6) is 11.5 Å². The van der Waals surface area contributed by atoms with Crippen LogP contribution in [0.25, 0.3) is 66.2 Å². The monoisotopic (exact) mass is 960 g/mol. The molecule has 7 heteroatoms. The van der Waals surface area contributed by atoms with Crippen LogP contribution >= 0.6 is 0 Å². The molecule has 1 aliphatic rings. The molecule has 0 fully saturated rings. The maximum atomic E-state index is 8.12. The van der Waals surface area contributed by atoms with Gasteiger partial charge in [-0.2, -0.15) is 18.8 Å². The molecule has 0 radical (unpaired) electrons. The minimum absolute atomic E-state index is 0. The summed E-state index contributed by atoms with van der Waals surface area (Å²) in [6.07, 6.45) is 1.88. The van der Waals surface area contributed by atoms with Crippen LogP contribution in [0.2, 0.25) is 0 Å².